The molecule has 0 aliphatic rings. The zero-order valence-corrected chi connectivity index (χ0v) is 22.0. The Hall–Kier alpha value is -4.57. The maximum absolute atomic E-state index is 13.4. The molecule has 0 spiro atoms. The molecule has 0 bridgehead atoms. The van der Waals surface area contributed by atoms with E-state index >= 15 is 0 Å². The van der Waals surface area contributed by atoms with Crippen molar-refractivity contribution in [2.45, 2.75) is 12.4 Å². The largest absolute Gasteiger partial charge is 0.418 e. The highest BCUT2D eigenvalue weighted by atomic mass is 32.1. The molecule has 16 heteroatoms. The molecule has 216 valence electrons. The van der Waals surface area contributed by atoms with Crippen LogP contribution in [-0.4, -0.2) is 17.8 Å². The minimum atomic E-state index is -4.82. The lowest BCUT2D eigenvalue weighted by molar-refractivity contribution is -0.137. The molecule has 0 radical (unpaired) electrons. The molecule has 0 aliphatic heterocycles. The van der Waals surface area contributed by atoms with E-state index in [1.165, 1.54) is 24.3 Å². The Balaban J connectivity index is 0.000000228. The molecule has 4 amide bonds. The molecule has 2 heterocycles. The number of amides is 4. The van der Waals surface area contributed by atoms with Gasteiger partial charge in [-0.3, -0.25) is 14.9 Å². The number of halogens is 6. The maximum atomic E-state index is 13.4. The summed E-state index contributed by atoms with van der Waals surface area (Å²) in [6.45, 7) is 0. The summed E-state index contributed by atoms with van der Waals surface area (Å²) in [5.41, 5.74) is 17.4. The van der Waals surface area contributed by atoms with Crippen molar-refractivity contribution in [1.82, 2.24) is 0 Å². The highest BCUT2D eigenvalue weighted by molar-refractivity contribution is 7.20. The van der Waals surface area contributed by atoms with Crippen LogP contribution in [0.2, 0.25) is 0 Å². The van der Waals surface area contributed by atoms with Gasteiger partial charge in [-0.15, -0.1) is 22.7 Å². The van der Waals surface area contributed by atoms with E-state index in [1.54, 1.807) is 36.4 Å². The van der Waals surface area contributed by atoms with Crippen LogP contribution in [0.3, 0.4) is 0 Å². The van der Waals surface area contributed by atoms with Gasteiger partial charge in [0.2, 0.25) is 0 Å². The first-order valence-electron chi connectivity index (χ1n) is 11.0. The Morgan fingerprint density at radius 2 is 1.02 bits per heavy atom. The summed E-state index contributed by atoms with van der Waals surface area (Å²) >= 11 is 1.30. The van der Waals surface area contributed by atoms with Gasteiger partial charge in [0.05, 0.1) is 27.3 Å². The first-order valence-corrected chi connectivity index (χ1v) is 12.7. The van der Waals surface area contributed by atoms with Crippen molar-refractivity contribution in [3.05, 3.63) is 82.9 Å². The van der Waals surface area contributed by atoms with E-state index < -0.39 is 52.5 Å². The molecular weight excluding hydrogens is 596 g/mol. The summed E-state index contributed by atoms with van der Waals surface area (Å²) in [6, 6.07) is 14.5. The van der Waals surface area contributed by atoms with Crippen LogP contribution >= 0.6 is 22.7 Å². The number of benzene rings is 2. The number of nitrogen functional groups attached to an aromatic ring is 1. The van der Waals surface area contributed by atoms with Crippen molar-refractivity contribution >= 4 is 50.5 Å². The topological polar surface area (TPSA) is 167 Å². The molecule has 0 saturated heterocycles. The van der Waals surface area contributed by atoms with Crippen LogP contribution in [-0.2, 0) is 12.4 Å². The third-order valence-corrected chi connectivity index (χ3v) is 7.43. The molecule has 0 aliphatic carbocycles. The molecule has 2 aromatic heterocycles. The zero-order valence-electron chi connectivity index (χ0n) is 20.4. The monoisotopic (exact) mass is 615 g/mol. The van der Waals surface area contributed by atoms with Gasteiger partial charge in [0.1, 0.15) is 5.00 Å². The summed E-state index contributed by atoms with van der Waals surface area (Å²) in [5.74, 6) is -2.47. The zero-order chi connectivity index (χ0) is 30.7. The Bertz CT molecular complexity index is 1580. The number of rotatable bonds is 5. The van der Waals surface area contributed by atoms with E-state index in [9.17, 15) is 40.7 Å². The second-order valence-electron chi connectivity index (χ2n) is 8.00. The third kappa shape index (κ3) is 6.96. The van der Waals surface area contributed by atoms with Crippen molar-refractivity contribution in [3.63, 3.8) is 0 Å². The van der Waals surface area contributed by atoms with Crippen LogP contribution in [0.25, 0.3) is 20.9 Å². The number of hydrogen-bond acceptors (Lipinski definition) is 6. The second kappa shape index (κ2) is 11.9. The highest BCUT2D eigenvalue weighted by Gasteiger charge is 2.42. The van der Waals surface area contributed by atoms with Crippen LogP contribution < -0.4 is 28.3 Å². The Morgan fingerprint density at radius 1 is 0.634 bits per heavy atom. The SMILES string of the molecule is NC(=O)Nc1sc(-c2ccccc2)c(C(F)(F)F)c1C(N)=O.NC(=O)c1c(N)sc(-c2ccccc2)c1C(F)(F)F. The normalized spacial score (nSPS) is 11.4. The quantitative estimate of drug-likeness (QED) is 0.170. The third-order valence-electron chi connectivity index (χ3n) is 5.21. The first-order chi connectivity index (χ1) is 19.0. The Kier molecular flexibility index (Phi) is 8.98. The summed E-state index contributed by atoms with van der Waals surface area (Å²) in [7, 11) is 0. The van der Waals surface area contributed by atoms with E-state index in [1.807, 2.05) is 5.32 Å². The summed E-state index contributed by atoms with van der Waals surface area (Å²) in [5, 5.41) is 1.46. The van der Waals surface area contributed by atoms with Gasteiger partial charge in [-0.2, -0.15) is 26.3 Å². The molecule has 0 unspecified atom stereocenters. The van der Waals surface area contributed by atoms with E-state index in [0.29, 0.717) is 28.2 Å². The molecule has 8 nitrogen and oxygen atoms in total. The Morgan fingerprint density at radius 3 is 1.39 bits per heavy atom. The van der Waals surface area contributed by atoms with Gasteiger partial charge in [-0.1, -0.05) is 60.7 Å². The number of alkyl halides is 6. The molecule has 0 atom stereocenters. The average molecular weight is 616 g/mol. The molecular formula is C25H19F6N5O3S2. The predicted octanol–water partition coefficient (Wildman–Crippen LogP) is 6.14. The maximum Gasteiger partial charge on any atom is 0.418 e. The molecule has 2 aromatic carbocycles. The van der Waals surface area contributed by atoms with Gasteiger partial charge >= 0.3 is 18.4 Å². The summed E-state index contributed by atoms with van der Waals surface area (Å²) in [6.07, 6.45) is -9.51. The number of nitrogens with two attached hydrogens (primary N) is 4. The number of thiophene rings is 2. The van der Waals surface area contributed by atoms with Crippen molar-refractivity contribution < 1.29 is 40.7 Å². The minimum absolute atomic E-state index is 0.0978. The van der Waals surface area contributed by atoms with Gasteiger partial charge in [0.25, 0.3) is 11.8 Å². The molecule has 9 N–H and O–H groups in total. The lowest BCUT2D eigenvalue weighted by Gasteiger charge is -2.10. The average Bonchev–Trinajstić information content (AvgIpc) is 3.43. The number of urea groups is 1. The number of carbonyl (C=O) groups is 3. The number of hydrogen-bond donors (Lipinski definition) is 5. The predicted molar refractivity (Wildman–Crippen MR) is 144 cm³/mol. The van der Waals surface area contributed by atoms with Crippen LogP contribution in [0.5, 0.6) is 0 Å². The van der Waals surface area contributed by atoms with Crippen molar-refractivity contribution in [2.75, 3.05) is 11.1 Å². The van der Waals surface area contributed by atoms with Crippen molar-refractivity contribution in [3.8, 4) is 20.9 Å². The molecule has 4 rings (SSSR count). The fourth-order valence-corrected chi connectivity index (χ4v) is 6.02. The minimum Gasteiger partial charge on any atom is -0.390 e. The van der Waals surface area contributed by atoms with Gasteiger partial charge in [0, 0.05) is 9.75 Å². The smallest absolute Gasteiger partial charge is 0.390 e. The van der Waals surface area contributed by atoms with Crippen LogP contribution in [0.15, 0.2) is 60.7 Å². The van der Waals surface area contributed by atoms with Gasteiger partial charge in [-0.05, 0) is 11.1 Å². The van der Waals surface area contributed by atoms with E-state index in [4.69, 9.17) is 22.9 Å². The fourth-order valence-electron chi connectivity index (χ4n) is 3.69. The van der Waals surface area contributed by atoms with E-state index in [-0.39, 0.29) is 25.3 Å². The Labute approximate surface area is 235 Å². The summed E-state index contributed by atoms with van der Waals surface area (Å²) in [4.78, 5) is 33.3. The lowest BCUT2D eigenvalue weighted by Crippen LogP contribution is -2.23. The van der Waals surface area contributed by atoms with Crippen LogP contribution in [0, 0.1) is 0 Å². The second-order valence-corrected chi connectivity index (χ2v) is 10.1. The number of anilines is 2. The number of primary amides is 3. The molecule has 0 saturated carbocycles. The molecule has 41 heavy (non-hydrogen) atoms. The highest BCUT2D eigenvalue weighted by Crippen LogP contribution is 2.48. The van der Waals surface area contributed by atoms with E-state index in [2.05, 4.69) is 0 Å². The number of carbonyl (C=O) groups excluding carboxylic acids is 3. The standard InChI is InChI=1S/C13H10F3N3O2S.C12H9F3N2OS/c14-13(15,16)8-7(10(17)20)11(19-12(18)21)22-9(8)6-4-2-1-3-5-6;13-12(14,15)8-7(10(16)18)11(17)19-9(8)6-4-2-1-3-5-6/h1-5H,(H2,17,20)(H3,18,19,21);1-5H,17H2,(H2,16,18). The van der Waals surface area contributed by atoms with Crippen molar-refractivity contribution in [2.24, 2.45) is 17.2 Å². The molecule has 4 aromatic rings. The first kappa shape index (κ1) is 31.0. The van der Waals surface area contributed by atoms with Crippen molar-refractivity contribution in [1.29, 1.82) is 0 Å². The van der Waals surface area contributed by atoms with Gasteiger partial charge in [-0.25, -0.2) is 4.79 Å². The number of nitrogens with one attached hydrogen (secondary N) is 1. The lowest BCUT2D eigenvalue weighted by atomic mass is 10.0. The van der Waals surface area contributed by atoms with Crippen LogP contribution in [0.4, 0.5) is 41.1 Å². The van der Waals surface area contributed by atoms with Gasteiger partial charge in [0.15, 0.2) is 0 Å². The van der Waals surface area contributed by atoms with E-state index in [0.717, 1.165) is 0 Å². The summed E-state index contributed by atoms with van der Waals surface area (Å²) < 4.78 is 79.4. The molecule has 0 fully saturated rings. The fraction of sp³-hybridized carbons (Fsp3) is 0.0800. The van der Waals surface area contributed by atoms with Crippen LogP contribution in [0.1, 0.15) is 31.8 Å². The van der Waals surface area contributed by atoms with Gasteiger partial charge < -0.3 is 22.9 Å².